The van der Waals surface area contributed by atoms with Crippen molar-refractivity contribution in [2.45, 2.75) is 4.87 Å². The quantitative estimate of drug-likeness (QED) is 0.541. The van der Waals surface area contributed by atoms with Crippen LogP contribution in [-0.4, -0.2) is 19.3 Å². The molecule has 0 radical (unpaired) electrons. The first-order chi connectivity index (χ1) is 6.42. The normalized spacial score (nSPS) is 15.9. The molecule has 0 aliphatic heterocycles. The predicted octanol–water partition coefficient (Wildman–Crippen LogP) is -0.115. The molecule has 6 heteroatoms. The Labute approximate surface area is 81.3 Å². The van der Waals surface area contributed by atoms with Crippen LogP contribution in [0.5, 0.6) is 0 Å². The fourth-order valence-corrected chi connectivity index (χ4v) is 1.53. The van der Waals surface area contributed by atoms with E-state index in [1.54, 1.807) is 6.07 Å². The van der Waals surface area contributed by atoms with Gasteiger partial charge < -0.3 is 5.73 Å². The maximum atomic E-state index is 10.9. The van der Waals surface area contributed by atoms with Gasteiger partial charge in [0, 0.05) is 0 Å². The fraction of sp³-hybridized carbons (Fsp3) is 0.125. The number of hydrogen-bond donors (Lipinski definition) is 2. The Hall–Kier alpha value is -1.24. The number of hydrogen-bond acceptors (Lipinski definition) is 4. The van der Waals surface area contributed by atoms with Gasteiger partial charge in [-0.3, -0.25) is 9.35 Å². The van der Waals surface area contributed by atoms with Crippen LogP contribution >= 0.6 is 0 Å². The summed E-state index contributed by atoms with van der Waals surface area (Å²) in [5, 5.41) is 0. The molecule has 14 heavy (non-hydrogen) atoms. The number of nitrogens with two attached hydrogens (primary N) is 1. The molecular formula is C8H9NO4S. The van der Waals surface area contributed by atoms with E-state index in [0.29, 0.717) is 0 Å². The van der Waals surface area contributed by atoms with Crippen molar-refractivity contribution in [1.82, 2.24) is 0 Å². The number of rotatable bonds is 3. The van der Waals surface area contributed by atoms with Gasteiger partial charge in [-0.2, -0.15) is 8.42 Å². The second-order valence-corrected chi connectivity index (χ2v) is 4.38. The summed E-state index contributed by atoms with van der Waals surface area (Å²) < 4.78 is 30.6. The average Bonchev–Trinajstić information content (AvgIpc) is 2.16. The van der Waals surface area contributed by atoms with Crippen LogP contribution in [0.4, 0.5) is 0 Å². The van der Waals surface area contributed by atoms with Gasteiger partial charge in [0.1, 0.15) is 0 Å². The van der Waals surface area contributed by atoms with Crippen molar-refractivity contribution in [2.75, 3.05) is 0 Å². The molecule has 5 nitrogen and oxygen atoms in total. The summed E-state index contributed by atoms with van der Waals surface area (Å²) in [6, 6.07) is 7.38. The van der Waals surface area contributed by atoms with Crippen molar-refractivity contribution in [3.05, 3.63) is 35.9 Å². The van der Waals surface area contributed by atoms with Gasteiger partial charge in [0.05, 0.1) is 0 Å². The van der Waals surface area contributed by atoms with Crippen molar-refractivity contribution in [3.8, 4) is 0 Å². The Morgan fingerprint density at radius 1 is 1.29 bits per heavy atom. The maximum absolute atomic E-state index is 10.9. The van der Waals surface area contributed by atoms with E-state index in [-0.39, 0.29) is 11.8 Å². The summed E-state index contributed by atoms with van der Waals surface area (Å²) in [4.78, 5) is 8.23. The zero-order valence-electron chi connectivity index (χ0n) is 7.12. The molecule has 3 N–H and O–H groups in total. The van der Waals surface area contributed by atoms with Crippen molar-refractivity contribution in [2.24, 2.45) is 5.73 Å². The summed E-state index contributed by atoms with van der Waals surface area (Å²) >= 11 is 0. The molecule has 1 rings (SSSR count). The Morgan fingerprint density at radius 2 is 1.79 bits per heavy atom. The summed E-state index contributed by atoms with van der Waals surface area (Å²) in [5.74, 6) is 0. The summed E-state index contributed by atoms with van der Waals surface area (Å²) in [7, 11) is -4.66. The molecule has 0 bridgehead atoms. The van der Waals surface area contributed by atoms with Crippen molar-refractivity contribution in [1.29, 1.82) is 0 Å². The first-order valence-electron chi connectivity index (χ1n) is 3.69. The molecule has 0 heterocycles. The highest BCUT2D eigenvalue weighted by Gasteiger charge is 2.40. The molecule has 0 aliphatic carbocycles. The Kier molecular flexibility index (Phi) is 2.70. The minimum Gasteiger partial charge on any atom is -0.301 e. The first-order valence-corrected chi connectivity index (χ1v) is 5.13. The fourth-order valence-electron chi connectivity index (χ4n) is 0.976. The zero-order valence-corrected chi connectivity index (χ0v) is 7.94. The van der Waals surface area contributed by atoms with E-state index in [4.69, 9.17) is 10.3 Å². The minimum atomic E-state index is -4.66. The Morgan fingerprint density at radius 3 is 2.14 bits per heavy atom. The van der Waals surface area contributed by atoms with E-state index in [1.165, 1.54) is 24.3 Å². The lowest BCUT2D eigenvalue weighted by molar-refractivity contribution is -0.110. The standard InChI is InChI=1S/C8H9NO4S/c9-8(6-10,14(11,12)13)7-4-2-1-3-5-7/h1-6H,9H2,(H,11,12,13). The van der Waals surface area contributed by atoms with Crippen molar-refractivity contribution < 1.29 is 17.8 Å². The predicted molar refractivity (Wildman–Crippen MR) is 49.9 cm³/mol. The topological polar surface area (TPSA) is 97.5 Å². The van der Waals surface area contributed by atoms with Gasteiger partial charge in [0.2, 0.25) is 4.87 Å². The third-order valence-corrected chi connectivity index (χ3v) is 3.01. The van der Waals surface area contributed by atoms with Gasteiger partial charge >= 0.3 is 0 Å². The molecule has 0 saturated carbocycles. The molecule has 76 valence electrons. The van der Waals surface area contributed by atoms with E-state index in [9.17, 15) is 13.2 Å². The van der Waals surface area contributed by atoms with E-state index in [0.717, 1.165) is 0 Å². The number of benzene rings is 1. The third kappa shape index (κ3) is 1.67. The van der Waals surface area contributed by atoms with Crippen LogP contribution < -0.4 is 5.73 Å². The molecule has 1 unspecified atom stereocenters. The van der Waals surface area contributed by atoms with Gasteiger partial charge in [0.25, 0.3) is 10.1 Å². The van der Waals surface area contributed by atoms with Crippen LogP contribution in [0.3, 0.4) is 0 Å². The van der Waals surface area contributed by atoms with Crippen LogP contribution in [0.15, 0.2) is 30.3 Å². The molecular weight excluding hydrogens is 206 g/mol. The lowest BCUT2D eigenvalue weighted by atomic mass is 10.1. The van der Waals surface area contributed by atoms with Crippen molar-refractivity contribution >= 4 is 16.4 Å². The van der Waals surface area contributed by atoms with E-state index >= 15 is 0 Å². The first kappa shape index (κ1) is 10.8. The van der Waals surface area contributed by atoms with Gasteiger partial charge in [-0.1, -0.05) is 30.3 Å². The highest BCUT2D eigenvalue weighted by Crippen LogP contribution is 2.20. The maximum Gasteiger partial charge on any atom is 0.295 e. The van der Waals surface area contributed by atoms with E-state index in [2.05, 4.69) is 0 Å². The van der Waals surface area contributed by atoms with Gasteiger partial charge in [-0.15, -0.1) is 0 Å². The Bertz CT molecular complexity index is 428. The lowest BCUT2D eigenvalue weighted by Gasteiger charge is -2.19. The van der Waals surface area contributed by atoms with Gasteiger partial charge in [-0.05, 0) is 5.56 Å². The summed E-state index contributed by atoms with van der Waals surface area (Å²) in [6.07, 6.45) is -0.00231. The van der Waals surface area contributed by atoms with Crippen molar-refractivity contribution in [3.63, 3.8) is 0 Å². The highest BCUT2D eigenvalue weighted by molar-refractivity contribution is 7.87. The second-order valence-electron chi connectivity index (χ2n) is 2.75. The zero-order chi connectivity index (χ0) is 10.8. The molecule has 1 atom stereocenters. The molecule has 0 fully saturated rings. The number of carbonyl (C=O) groups excluding carboxylic acids is 1. The molecule has 0 aromatic heterocycles. The minimum absolute atomic E-state index is 0.00231. The lowest BCUT2D eigenvalue weighted by Crippen LogP contribution is -2.46. The monoisotopic (exact) mass is 215 g/mol. The second kappa shape index (κ2) is 3.49. The number of aldehydes is 1. The highest BCUT2D eigenvalue weighted by atomic mass is 32.2. The molecule has 0 aliphatic rings. The van der Waals surface area contributed by atoms with Crippen LogP contribution in [0.2, 0.25) is 0 Å². The largest absolute Gasteiger partial charge is 0.301 e. The van der Waals surface area contributed by atoms with Crippen LogP contribution in [-0.2, 0) is 19.8 Å². The molecule has 0 spiro atoms. The van der Waals surface area contributed by atoms with Crippen LogP contribution in [0.25, 0.3) is 0 Å². The SMILES string of the molecule is NC(C=O)(c1ccccc1)S(=O)(=O)O. The molecule has 0 amide bonds. The third-order valence-electron chi connectivity index (χ3n) is 1.83. The number of carbonyl (C=O) groups is 1. The van der Waals surface area contributed by atoms with Gasteiger partial charge in [-0.25, -0.2) is 0 Å². The smallest absolute Gasteiger partial charge is 0.295 e. The van der Waals surface area contributed by atoms with Crippen LogP contribution in [0.1, 0.15) is 5.56 Å². The van der Waals surface area contributed by atoms with E-state index in [1.807, 2.05) is 0 Å². The van der Waals surface area contributed by atoms with Gasteiger partial charge in [0.15, 0.2) is 6.29 Å². The van der Waals surface area contributed by atoms with E-state index < -0.39 is 15.0 Å². The summed E-state index contributed by atoms with van der Waals surface area (Å²) in [6.45, 7) is 0. The molecule has 1 aromatic carbocycles. The Balaban J connectivity index is 3.37. The van der Waals surface area contributed by atoms with Crippen LogP contribution in [0, 0.1) is 0 Å². The molecule has 0 saturated heterocycles. The molecule has 1 aromatic rings. The average molecular weight is 215 g/mol. The summed E-state index contributed by atoms with van der Waals surface area (Å²) in [5.41, 5.74) is 5.32.